The van der Waals surface area contributed by atoms with Crippen molar-refractivity contribution in [3.05, 3.63) is 34.9 Å². The summed E-state index contributed by atoms with van der Waals surface area (Å²) in [6.45, 7) is 5.14. The summed E-state index contributed by atoms with van der Waals surface area (Å²) in [5.41, 5.74) is 1.33. The molecule has 2 rings (SSSR count). The lowest BCUT2D eigenvalue weighted by Gasteiger charge is -2.16. The maximum Gasteiger partial charge on any atom is 0.0507 e. The number of hydrogen-bond donors (Lipinski definition) is 1. The topological polar surface area (TPSA) is 21.3 Å². The lowest BCUT2D eigenvalue weighted by atomic mass is 10.1. The SMILES string of the molecule is CC(Cc1ccc(Cl)cc1)NCC1CCOC1. The Labute approximate surface area is 108 Å². The van der Waals surface area contributed by atoms with Crippen molar-refractivity contribution in [3.63, 3.8) is 0 Å². The average Bonchev–Trinajstić information content (AvgIpc) is 2.83. The van der Waals surface area contributed by atoms with Crippen LogP contribution in [0.1, 0.15) is 18.9 Å². The van der Waals surface area contributed by atoms with Crippen molar-refractivity contribution in [2.45, 2.75) is 25.8 Å². The molecule has 1 aliphatic rings. The first-order chi connectivity index (χ1) is 8.24. The zero-order valence-corrected chi connectivity index (χ0v) is 11.0. The summed E-state index contributed by atoms with van der Waals surface area (Å²) < 4.78 is 5.37. The fraction of sp³-hybridized carbons (Fsp3) is 0.571. The van der Waals surface area contributed by atoms with Crippen molar-refractivity contribution in [1.29, 1.82) is 0 Å². The molecule has 1 aromatic carbocycles. The quantitative estimate of drug-likeness (QED) is 0.871. The first kappa shape index (κ1) is 12.9. The maximum absolute atomic E-state index is 5.87. The van der Waals surface area contributed by atoms with Gasteiger partial charge in [-0.25, -0.2) is 0 Å². The molecule has 0 spiro atoms. The van der Waals surface area contributed by atoms with E-state index in [0.717, 1.165) is 31.2 Å². The number of hydrogen-bond acceptors (Lipinski definition) is 2. The van der Waals surface area contributed by atoms with Crippen molar-refractivity contribution in [2.75, 3.05) is 19.8 Å². The van der Waals surface area contributed by atoms with E-state index < -0.39 is 0 Å². The lowest BCUT2D eigenvalue weighted by molar-refractivity contribution is 0.184. The summed E-state index contributed by atoms with van der Waals surface area (Å²) in [7, 11) is 0. The van der Waals surface area contributed by atoms with Crippen LogP contribution in [0.15, 0.2) is 24.3 Å². The van der Waals surface area contributed by atoms with Gasteiger partial charge in [0.05, 0.1) is 6.61 Å². The summed E-state index contributed by atoms with van der Waals surface area (Å²) in [6, 6.07) is 8.60. The lowest BCUT2D eigenvalue weighted by Crippen LogP contribution is -2.32. The van der Waals surface area contributed by atoms with Gasteiger partial charge in [0.2, 0.25) is 0 Å². The van der Waals surface area contributed by atoms with E-state index in [4.69, 9.17) is 16.3 Å². The van der Waals surface area contributed by atoms with Crippen LogP contribution in [0, 0.1) is 5.92 Å². The van der Waals surface area contributed by atoms with Crippen LogP contribution >= 0.6 is 11.6 Å². The zero-order chi connectivity index (χ0) is 12.1. The van der Waals surface area contributed by atoms with Gasteiger partial charge in [0, 0.05) is 24.2 Å². The van der Waals surface area contributed by atoms with Gasteiger partial charge >= 0.3 is 0 Å². The monoisotopic (exact) mass is 253 g/mol. The Morgan fingerprint density at radius 3 is 2.82 bits per heavy atom. The zero-order valence-electron chi connectivity index (χ0n) is 10.3. The molecule has 2 nitrogen and oxygen atoms in total. The average molecular weight is 254 g/mol. The molecule has 2 unspecified atom stereocenters. The maximum atomic E-state index is 5.87. The summed E-state index contributed by atoms with van der Waals surface area (Å²) in [6.07, 6.45) is 2.24. The van der Waals surface area contributed by atoms with Gasteiger partial charge in [0.25, 0.3) is 0 Å². The number of benzene rings is 1. The molecule has 1 N–H and O–H groups in total. The minimum atomic E-state index is 0.497. The van der Waals surface area contributed by atoms with Gasteiger partial charge in [-0.3, -0.25) is 0 Å². The van der Waals surface area contributed by atoms with Crippen LogP contribution in [0.5, 0.6) is 0 Å². The second kappa shape index (κ2) is 6.39. The van der Waals surface area contributed by atoms with Crippen molar-refractivity contribution in [1.82, 2.24) is 5.32 Å². The highest BCUT2D eigenvalue weighted by Crippen LogP contribution is 2.13. The summed E-state index contributed by atoms with van der Waals surface area (Å²) in [5.74, 6) is 0.697. The van der Waals surface area contributed by atoms with E-state index in [1.165, 1.54) is 12.0 Å². The van der Waals surface area contributed by atoms with Crippen molar-refractivity contribution in [3.8, 4) is 0 Å². The van der Waals surface area contributed by atoms with Crippen LogP contribution in [0.2, 0.25) is 5.02 Å². The Balaban J connectivity index is 1.72. The molecule has 2 atom stereocenters. The molecule has 0 aromatic heterocycles. The molecular weight excluding hydrogens is 234 g/mol. The summed E-state index contributed by atoms with van der Waals surface area (Å²) >= 11 is 5.87. The first-order valence-electron chi connectivity index (χ1n) is 6.29. The Hall–Kier alpha value is -0.570. The Morgan fingerprint density at radius 1 is 1.41 bits per heavy atom. The molecule has 3 heteroatoms. The third-order valence-electron chi connectivity index (χ3n) is 3.23. The largest absolute Gasteiger partial charge is 0.381 e. The second-order valence-electron chi connectivity index (χ2n) is 4.87. The number of nitrogens with one attached hydrogen (secondary N) is 1. The van der Waals surface area contributed by atoms with Gasteiger partial charge in [0.1, 0.15) is 0 Å². The minimum Gasteiger partial charge on any atom is -0.381 e. The molecule has 1 aliphatic heterocycles. The van der Waals surface area contributed by atoms with E-state index in [1.807, 2.05) is 12.1 Å². The van der Waals surface area contributed by atoms with Gasteiger partial charge in [-0.15, -0.1) is 0 Å². The highest BCUT2D eigenvalue weighted by molar-refractivity contribution is 6.30. The molecule has 1 heterocycles. The smallest absolute Gasteiger partial charge is 0.0507 e. The number of rotatable bonds is 5. The standard InChI is InChI=1S/C14H20ClNO/c1-11(16-9-13-6-7-17-10-13)8-12-2-4-14(15)5-3-12/h2-5,11,13,16H,6-10H2,1H3. The minimum absolute atomic E-state index is 0.497. The third kappa shape index (κ3) is 4.30. The van der Waals surface area contributed by atoms with E-state index >= 15 is 0 Å². The molecule has 0 amide bonds. The molecule has 94 valence electrons. The second-order valence-corrected chi connectivity index (χ2v) is 5.31. The van der Waals surface area contributed by atoms with Crippen molar-refractivity contribution >= 4 is 11.6 Å². The fourth-order valence-electron chi connectivity index (χ4n) is 2.16. The van der Waals surface area contributed by atoms with Crippen LogP contribution in [0.3, 0.4) is 0 Å². The molecule has 0 bridgehead atoms. The molecular formula is C14H20ClNO. The highest BCUT2D eigenvalue weighted by atomic mass is 35.5. The van der Waals surface area contributed by atoms with Crippen LogP contribution < -0.4 is 5.32 Å². The van der Waals surface area contributed by atoms with Gasteiger partial charge < -0.3 is 10.1 Å². The normalized spacial score (nSPS) is 21.6. The predicted octanol–water partition coefficient (Wildman–Crippen LogP) is 2.90. The van der Waals surface area contributed by atoms with Gasteiger partial charge in [-0.2, -0.15) is 0 Å². The Bertz CT molecular complexity index is 333. The Kier molecular flexibility index (Phi) is 4.84. The molecule has 1 aromatic rings. The molecule has 17 heavy (non-hydrogen) atoms. The van der Waals surface area contributed by atoms with Gasteiger partial charge in [-0.05, 0) is 43.4 Å². The van der Waals surface area contributed by atoms with E-state index in [0.29, 0.717) is 12.0 Å². The number of ether oxygens (including phenoxy) is 1. The van der Waals surface area contributed by atoms with Crippen molar-refractivity contribution < 1.29 is 4.74 Å². The molecule has 1 fully saturated rings. The van der Waals surface area contributed by atoms with Crippen LogP contribution in [-0.4, -0.2) is 25.8 Å². The molecule has 0 aliphatic carbocycles. The van der Waals surface area contributed by atoms with E-state index in [-0.39, 0.29) is 0 Å². The summed E-state index contributed by atoms with van der Waals surface area (Å²) in [4.78, 5) is 0. The van der Waals surface area contributed by atoms with Crippen LogP contribution in [0.4, 0.5) is 0 Å². The van der Waals surface area contributed by atoms with Crippen molar-refractivity contribution in [2.24, 2.45) is 5.92 Å². The molecule has 0 radical (unpaired) electrons. The van der Waals surface area contributed by atoms with E-state index in [1.54, 1.807) is 0 Å². The van der Waals surface area contributed by atoms with Gasteiger partial charge in [0.15, 0.2) is 0 Å². The van der Waals surface area contributed by atoms with E-state index in [2.05, 4.69) is 24.4 Å². The van der Waals surface area contributed by atoms with Crippen LogP contribution in [0.25, 0.3) is 0 Å². The third-order valence-corrected chi connectivity index (χ3v) is 3.49. The van der Waals surface area contributed by atoms with Gasteiger partial charge in [-0.1, -0.05) is 23.7 Å². The number of halogens is 1. The molecule has 1 saturated heterocycles. The predicted molar refractivity (Wildman–Crippen MR) is 71.5 cm³/mol. The highest BCUT2D eigenvalue weighted by Gasteiger charge is 2.15. The van der Waals surface area contributed by atoms with Crippen LogP contribution in [-0.2, 0) is 11.2 Å². The van der Waals surface area contributed by atoms with E-state index in [9.17, 15) is 0 Å². The first-order valence-corrected chi connectivity index (χ1v) is 6.67. The fourth-order valence-corrected chi connectivity index (χ4v) is 2.28. The summed E-state index contributed by atoms with van der Waals surface area (Å²) in [5, 5.41) is 4.38. The molecule has 0 saturated carbocycles. The Morgan fingerprint density at radius 2 is 2.18 bits per heavy atom.